The lowest BCUT2D eigenvalue weighted by molar-refractivity contribution is 0.141. The van der Waals surface area contributed by atoms with E-state index >= 15 is 0 Å². The lowest BCUT2D eigenvalue weighted by atomic mass is 9.89. The van der Waals surface area contributed by atoms with Gasteiger partial charge in [-0.05, 0) is 6.42 Å². The van der Waals surface area contributed by atoms with Crippen molar-refractivity contribution in [1.29, 1.82) is 0 Å². The van der Waals surface area contributed by atoms with Gasteiger partial charge >= 0.3 is 7.12 Å². The molecule has 17 heavy (non-hydrogen) atoms. The summed E-state index contributed by atoms with van der Waals surface area (Å²) in [5.41, 5.74) is 0. The van der Waals surface area contributed by atoms with Crippen LogP contribution in [0.25, 0.3) is 0 Å². The first kappa shape index (κ1) is 12.6. The monoisotopic (exact) mass is 246 g/mol. The lowest BCUT2D eigenvalue weighted by Crippen LogP contribution is -2.50. The Balaban J connectivity index is 2.17. The van der Waals surface area contributed by atoms with Crippen LogP contribution in [-0.2, 0) is 9.31 Å². The predicted molar refractivity (Wildman–Crippen MR) is 75.0 cm³/mol. The molecular weight excluding hydrogens is 227 g/mol. The van der Waals surface area contributed by atoms with Crippen molar-refractivity contribution >= 4 is 20.4 Å². The predicted octanol–water partition coefficient (Wildman–Crippen LogP) is 2.16. The molecule has 0 amide bonds. The zero-order valence-electron chi connectivity index (χ0n) is 10.6. The van der Waals surface area contributed by atoms with E-state index in [0.29, 0.717) is 0 Å². The molecule has 0 aliphatic carbocycles. The highest BCUT2D eigenvalue weighted by Gasteiger charge is 2.37. The summed E-state index contributed by atoms with van der Waals surface area (Å²) in [7, 11) is -1.92. The Labute approximate surface area is 105 Å². The molecule has 0 bridgehead atoms. The zero-order valence-corrected chi connectivity index (χ0v) is 11.6. The SMILES string of the molecule is C=C(B1OCCCO1)[Si](C)(C)c1ccccc1. The molecule has 1 heterocycles. The molecule has 0 radical (unpaired) electrons. The van der Waals surface area contributed by atoms with Gasteiger partial charge in [-0.15, -0.1) is 6.58 Å². The second kappa shape index (κ2) is 5.21. The smallest absolute Gasteiger partial charge is 0.408 e. The number of hydrogen-bond donors (Lipinski definition) is 0. The van der Waals surface area contributed by atoms with Crippen LogP contribution in [0.1, 0.15) is 6.42 Å². The van der Waals surface area contributed by atoms with Gasteiger partial charge in [0.05, 0.1) is 0 Å². The van der Waals surface area contributed by atoms with Crippen LogP contribution in [0.4, 0.5) is 0 Å². The van der Waals surface area contributed by atoms with E-state index < -0.39 is 8.07 Å². The van der Waals surface area contributed by atoms with E-state index in [1.165, 1.54) is 5.19 Å². The molecule has 0 spiro atoms. The Kier molecular flexibility index (Phi) is 3.86. The fraction of sp³-hybridized carbons (Fsp3) is 0.385. The standard InChI is InChI=1S/C13H19BO2Si/c1-12(14-15-10-7-11-16-14)17(2,3)13-8-5-4-6-9-13/h4-6,8-9H,1,7,10-11H2,2-3H3. The molecule has 1 aromatic rings. The molecule has 1 aliphatic heterocycles. The van der Waals surface area contributed by atoms with E-state index in [0.717, 1.165) is 24.7 Å². The van der Waals surface area contributed by atoms with Crippen LogP contribution in [0.5, 0.6) is 0 Å². The van der Waals surface area contributed by atoms with Crippen LogP contribution in [-0.4, -0.2) is 28.4 Å². The highest BCUT2D eigenvalue weighted by Crippen LogP contribution is 2.19. The first-order valence-corrected chi connectivity index (χ1v) is 9.10. The quantitative estimate of drug-likeness (QED) is 0.761. The summed E-state index contributed by atoms with van der Waals surface area (Å²) >= 11 is 0. The summed E-state index contributed by atoms with van der Waals surface area (Å²) in [6.07, 6.45) is 0.983. The summed E-state index contributed by atoms with van der Waals surface area (Å²) < 4.78 is 11.3. The van der Waals surface area contributed by atoms with Gasteiger partial charge in [0.1, 0.15) is 8.07 Å². The Morgan fingerprint density at radius 1 is 1.18 bits per heavy atom. The van der Waals surface area contributed by atoms with Crippen molar-refractivity contribution in [2.45, 2.75) is 19.5 Å². The van der Waals surface area contributed by atoms with E-state index in [9.17, 15) is 0 Å². The first-order valence-electron chi connectivity index (χ1n) is 6.10. The van der Waals surface area contributed by atoms with E-state index in [2.05, 4.69) is 43.9 Å². The molecular formula is C13H19BO2Si. The minimum atomic E-state index is -1.71. The van der Waals surface area contributed by atoms with Crippen LogP contribution in [0, 0.1) is 0 Å². The van der Waals surface area contributed by atoms with E-state index in [-0.39, 0.29) is 7.12 Å². The topological polar surface area (TPSA) is 18.5 Å². The summed E-state index contributed by atoms with van der Waals surface area (Å²) in [5.74, 6) is 0. The van der Waals surface area contributed by atoms with E-state index in [1.807, 2.05) is 6.07 Å². The number of rotatable bonds is 3. The maximum Gasteiger partial charge on any atom is 0.485 e. The first-order chi connectivity index (χ1) is 8.12. The molecule has 2 rings (SSSR count). The Bertz CT molecular complexity index is 386. The van der Waals surface area contributed by atoms with Gasteiger partial charge in [0.15, 0.2) is 0 Å². The molecule has 1 saturated heterocycles. The molecule has 0 atom stereocenters. The van der Waals surface area contributed by atoms with Crippen molar-refractivity contribution in [3.63, 3.8) is 0 Å². The van der Waals surface area contributed by atoms with Gasteiger partial charge in [-0.3, -0.25) is 0 Å². The zero-order chi connectivity index (χ0) is 12.3. The summed E-state index contributed by atoms with van der Waals surface area (Å²) in [6, 6.07) is 10.6. The van der Waals surface area contributed by atoms with Crippen LogP contribution in [0.3, 0.4) is 0 Å². The van der Waals surface area contributed by atoms with Gasteiger partial charge in [-0.1, -0.05) is 53.7 Å². The molecule has 0 aromatic heterocycles. The summed E-state index contributed by atoms with van der Waals surface area (Å²) in [6.45, 7) is 10.4. The molecule has 1 aromatic carbocycles. The Morgan fingerprint density at radius 3 is 2.35 bits per heavy atom. The van der Waals surface area contributed by atoms with E-state index in [4.69, 9.17) is 9.31 Å². The fourth-order valence-corrected chi connectivity index (χ4v) is 4.18. The lowest BCUT2D eigenvalue weighted by Gasteiger charge is -2.31. The minimum Gasteiger partial charge on any atom is -0.408 e. The van der Waals surface area contributed by atoms with Gasteiger partial charge in [-0.25, -0.2) is 0 Å². The third kappa shape index (κ3) is 2.70. The van der Waals surface area contributed by atoms with Crippen LogP contribution < -0.4 is 5.19 Å². The average molecular weight is 246 g/mol. The number of benzene rings is 1. The van der Waals surface area contributed by atoms with Crippen LogP contribution >= 0.6 is 0 Å². The molecule has 0 unspecified atom stereocenters. The molecule has 4 heteroatoms. The van der Waals surface area contributed by atoms with Crippen molar-refractivity contribution < 1.29 is 9.31 Å². The second-order valence-corrected chi connectivity index (χ2v) is 9.41. The minimum absolute atomic E-state index is 0.203. The normalized spacial score (nSPS) is 16.9. The number of hydrogen-bond acceptors (Lipinski definition) is 2. The average Bonchev–Trinajstić information content (AvgIpc) is 2.40. The molecule has 90 valence electrons. The van der Waals surface area contributed by atoms with Gasteiger partial charge < -0.3 is 9.31 Å². The largest absolute Gasteiger partial charge is 0.485 e. The summed E-state index contributed by atoms with van der Waals surface area (Å²) in [5, 5.41) is 2.51. The van der Waals surface area contributed by atoms with Crippen molar-refractivity contribution in [3.8, 4) is 0 Å². The molecule has 2 nitrogen and oxygen atoms in total. The summed E-state index contributed by atoms with van der Waals surface area (Å²) in [4.78, 5) is 0. The van der Waals surface area contributed by atoms with E-state index in [1.54, 1.807) is 0 Å². The highest BCUT2D eigenvalue weighted by atomic mass is 28.3. The molecule has 1 fully saturated rings. The van der Waals surface area contributed by atoms with Crippen molar-refractivity contribution in [2.24, 2.45) is 0 Å². The molecule has 1 aliphatic rings. The maximum atomic E-state index is 5.66. The maximum absolute atomic E-state index is 5.66. The van der Waals surface area contributed by atoms with Crippen molar-refractivity contribution in [2.75, 3.05) is 13.2 Å². The van der Waals surface area contributed by atoms with Crippen molar-refractivity contribution in [1.82, 2.24) is 0 Å². The van der Waals surface area contributed by atoms with Crippen LogP contribution in [0.2, 0.25) is 13.1 Å². The van der Waals surface area contributed by atoms with Gasteiger partial charge in [0, 0.05) is 13.2 Å². The highest BCUT2D eigenvalue weighted by molar-refractivity contribution is 7.04. The van der Waals surface area contributed by atoms with Crippen LogP contribution in [0.15, 0.2) is 42.0 Å². The van der Waals surface area contributed by atoms with Gasteiger partial charge in [0.2, 0.25) is 0 Å². The van der Waals surface area contributed by atoms with Crippen molar-refractivity contribution in [3.05, 3.63) is 42.0 Å². The third-order valence-corrected chi connectivity index (χ3v) is 7.03. The fourth-order valence-electron chi connectivity index (χ4n) is 2.02. The molecule has 0 saturated carbocycles. The van der Waals surface area contributed by atoms with Gasteiger partial charge in [-0.2, -0.15) is 0 Å². The molecule has 0 N–H and O–H groups in total. The third-order valence-electron chi connectivity index (χ3n) is 3.41. The Hall–Kier alpha value is -0.838. The Morgan fingerprint density at radius 2 is 1.76 bits per heavy atom. The van der Waals surface area contributed by atoms with Gasteiger partial charge in [0.25, 0.3) is 0 Å². The second-order valence-electron chi connectivity index (χ2n) is 4.94.